The average Bonchev–Trinajstić information content (AvgIpc) is 3.34. The second kappa shape index (κ2) is 9.58. The monoisotopic (exact) mass is 479 g/mol. The number of carbonyl (C=O) groups is 2. The Labute approximate surface area is 202 Å². The fourth-order valence-electron chi connectivity index (χ4n) is 5.33. The molecule has 5 rings (SSSR count). The van der Waals surface area contributed by atoms with Gasteiger partial charge >= 0.3 is 5.97 Å². The maximum absolute atomic E-state index is 12.8. The molecule has 2 aromatic carbocycles. The number of hydrogen-bond acceptors (Lipinski definition) is 6. The Morgan fingerprint density at radius 2 is 1.85 bits per heavy atom. The van der Waals surface area contributed by atoms with Gasteiger partial charge in [0.2, 0.25) is 0 Å². The summed E-state index contributed by atoms with van der Waals surface area (Å²) < 4.78 is 11.5. The van der Waals surface area contributed by atoms with Crippen LogP contribution >= 0.6 is 11.6 Å². The molecule has 5 atom stereocenters. The van der Waals surface area contributed by atoms with Crippen LogP contribution in [0.4, 0.5) is 0 Å². The van der Waals surface area contributed by atoms with Crippen LogP contribution in [0.15, 0.2) is 54.7 Å². The lowest BCUT2D eigenvalue weighted by Crippen LogP contribution is -2.40. The van der Waals surface area contributed by atoms with Gasteiger partial charge in [-0.05, 0) is 73.9 Å². The molecule has 0 radical (unpaired) electrons. The van der Waals surface area contributed by atoms with Gasteiger partial charge in [0.25, 0.3) is 5.91 Å². The molecule has 3 unspecified atom stereocenters. The van der Waals surface area contributed by atoms with Crippen LogP contribution in [0, 0.1) is 17.8 Å². The minimum Gasteiger partial charge on any atom is -0.488 e. The second-order valence-corrected chi connectivity index (χ2v) is 9.37. The van der Waals surface area contributed by atoms with Crippen molar-refractivity contribution < 1.29 is 19.1 Å². The normalized spacial score (nSPS) is 23.7. The molecule has 7 nitrogen and oxygen atoms in total. The zero-order valence-electron chi connectivity index (χ0n) is 18.8. The number of benzene rings is 2. The number of rotatable bonds is 8. The van der Waals surface area contributed by atoms with E-state index in [2.05, 4.69) is 15.5 Å². The lowest BCUT2D eigenvalue weighted by molar-refractivity contribution is -0.143. The zero-order chi connectivity index (χ0) is 23.7. The van der Waals surface area contributed by atoms with Crippen LogP contribution in [0.2, 0.25) is 5.02 Å². The molecule has 2 aliphatic carbocycles. The van der Waals surface area contributed by atoms with Gasteiger partial charge in [0.1, 0.15) is 5.75 Å². The van der Waals surface area contributed by atoms with Gasteiger partial charge in [-0.25, -0.2) is 0 Å². The van der Waals surface area contributed by atoms with Crippen molar-refractivity contribution in [1.29, 1.82) is 0 Å². The number of hydrogen-bond donors (Lipinski definition) is 1. The Kier molecular flexibility index (Phi) is 6.37. The van der Waals surface area contributed by atoms with Crippen LogP contribution in [0.25, 0.3) is 10.9 Å². The molecule has 1 heterocycles. The molecule has 1 N–H and O–H groups in total. The molecule has 2 fully saturated rings. The standard InChI is InChI=1S/C26H26ClN3O4/c1-2-33-24(31)13-22(29-26(32)15-7-9-16(27)10-8-15)25-19-11-17(12-20(19)25)34-23-14-28-30-21-6-4-3-5-18(21)23/h3-10,14,17,19-20,22,25H,2,11-13H2,1H3,(H,29,32)/t17?,19-,20+,22?,25?. The molecular weight excluding hydrogens is 454 g/mol. The predicted octanol–water partition coefficient (Wildman–Crippen LogP) is 4.44. The molecule has 0 spiro atoms. The summed E-state index contributed by atoms with van der Waals surface area (Å²) >= 11 is 5.94. The van der Waals surface area contributed by atoms with Gasteiger partial charge in [-0.2, -0.15) is 10.2 Å². The van der Waals surface area contributed by atoms with E-state index in [4.69, 9.17) is 21.1 Å². The first-order valence-electron chi connectivity index (χ1n) is 11.6. The smallest absolute Gasteiger partial charge is 0.307 e. The summed E-state index contributed by atoms with van der Waals surface area (Å²) in [7, 11) is 0. The maximum atomic E-state index is 12.8. The molecule has 3 aromatic rings. The van der Waals surface area contributed by atoms with Gasteiger partial charge in [0, 0.05) is 22.0 Å². The van der Waals surface area contributed by atoms with E-state index in [1.165, 1.54) is 0 Å². The van der Waals surface area contributed by atoms with Crippen molar-refractivity contribution in [2.24, 2.45) is 17.8 Å². The Morgan fingerprint density at radius 1 is 1.12 bits per heavy atom. The van der Waals surface area contributed by atoms with Crippen molar-refractivity contribution in [3.8, 4) is 5.75 Å². The summed E-state index contributed by atoms with van der Waals surface area (Å²) in [5, 5.41) is 12.8. The molecule has 2 aliphatic rings. The molecule has 176 valence electrons. The largest absolute Gasteiger partial charge is 0.488 e. The van der Waals surface area contributed by atoms with E-state index in [0.29, 0.717) is 29.0 Å². The van der Waals surface area contributed by atoms with Crippen LogP contribution in [0.1, 0.15) is 36.5 Å². The summed E-state index contributed by atoms with van der Waals surface area (Å²) in [6.07, 6.45) is 3.66. The highest BCUT2D eigenvalue weighted by molar-refractivity contribution is 6.30. The highest BCUT2D eigenvalue weighted by Crippen LogP contribution is 2.60. The van der Waals surface area contributed by atoms with E-state index < -0.39 is 0 Å². The predicted molar refractivity (Wildman–Crippen MR) is 128 cm³/mol. The summed E-state index contributed by atoms with van der Waals surface area (Å²) in [6, 6.07) is 14.3. The van der Waals surface area contributed by atoms with Crippen molar-refractivity contribution in [1.82, 2.24) is 15.5 Å². The lowest BCUT2D eigenvalue weighted by atomic mass is 9.99. The number of carbonyl (C=O) groups excluding carboxylic acids is 2. The summed E-state index contributed by atoms with van der Waals surface area (Å²) in [5.41, 5.74) is 1.32. The molecule has 8 heteroatoms. The molecule has 1 amide bonds. The van der Waals surface area contributed by atoms with Gasteiger partial charge in [-0.15, -0.1) is 0 Å². The topological polar surface area (TPSA) is 90.4 Å². The van der Waals surface area contributed by atoms with Gasteiger partial charge in [-0.3, -0.25) is 9.59 Å². The van der Waals surface area contributed by atoms with E-state index in [1.807, 2.05) is 24.3 Å². The first-order valence-corrected chi connectivity index (χ1v) is 12.0. The van der Waals surface area contributed by atoms with Gasteiger partial charge in [-0.1, -0.05) is 23.7 Å². The van der Waals surface area contributed by atoms with E-state index in [-0.39, 0.29) is 36.4 Å². The quantitative estimate of drug-likeness (QED) is 0.480. The SMILES string of the molecule is CCOC(=O)CC(NC(=O)c1ccc(Cl)cc1)C1[C@H]2CC(Oc3cnnc4ccccc34)C[C@@H]12. The second-order valence-electron chi connectivity index (χ2n) is 8.94. The van der Waals surface area contributed by atoms with E-state index >= 15 is 0 Å². The zero-order valence-corrected chi connectivity index (χ0v) is 19.6. The van der Waals surface area contributed by atoms with Crippen LogP contribution in [-0.4, -0.2) is 40.8 Å². The highest BCUT2D eigenvalue weighted by Gasteiger charge is 2.60. The number of nitrogens with one attached hydrogen (secondary N) is 1. The van der Waals surface area contributed by atoms with Gasteiger partial charge < -0.3 is 14.8 Å². The summed E-state index contributed by atoms with van der Waals surface area (Å²) in [5.74, 6) is 1.27. The lowest BCUT2D eigenvalue weighted by Gasteiger charge is -2.23. The number of halogens is 1. The minimum absolute atomic E-state index is 0.0778. The van der Waals surface area contributed by atoms with Crippen LogP contribution < -0.4 is 10.1 Å². The number of nitrogens with zero attached hydrogens (tertiary/aromatic N) is 2. The van der Waals surface area contributed by atoms with Crippen LogP contribution in [0.5, 0.6) is 5.75 Å². The molecule has 0 bridgehead atoms. The Balaban J connectivity index is 1.25. The van der Waals surface area contributed by atoms with Crippen molar-refractivity contribution in [3.05, 3.63) is 65.3 Å². The third-order valence-corrected chi connectivity index (χ3v) is 7.10. The van der Waals surface area contributed by atoms with E-state index in [9.17, 15) is 9.59 Å². The fraction of sp³-hybridized carbons (Fsp3) is 0.385. The third kappa shape index (κ3) is 4.71. The molecule has 1 aromatic heterocycles. The molecule has 0 saturated heterocycles. The molecular formula is C26H26ClN3O4. The first kappa shape index (κ1) is 22.6. The van der Waals surface area contributed by atoms with E-state index in [1.54, 1.807) is 37.4 Å². The number of fused-ring (bicyclic) bond motifs is 2. The number of ether oxygens (including phenoxy) is 2. The minimum atomic E-state index is -0.295. The molecule has 34 heavy (non-hydrogen) atoms. The number of amides is 1. The Hall–Kier alpha value is -3.19. The fourth-order valence-corrected chi connectivity index (χ4v) is 5.45. The van der Waals surface area contributed by atoms with Crippen LogP contribution in [0.3, 0.4) is 0 Å². The van der Waals surface area contributed by atoms with Gasteiger partial charge in [0.15, 0.2) is 0 Å². The highest BCUT2D eigenvalue weighted by atomic mass is 35.5. The van der Waals surface area contributed by atoms with Crippen molar-refractivity contribution in [2.75, 3.05) is 6.61 Å². The van der Waals surface area contributed by atoms with E-state index in [0.717, 1.165) is 29.5 Å². The number of esters is 1. The third-order valence-electron chi connectivity index (χ3n) is 6.85. The number of aromatic nitrogens is 2. The summed E-state index contributed by atoms with van der Waals surface area (Å²) in [6.45, 7) is 2.10. The first-order chi connectivity index (χ1) is 16.5. The molecule has 0 aliphatic heterocycles. The maximum Gasteiger partial charge on any atom is 0.307 e. The summed E-state index contributed by atoms with van der Waals surface area (Å²) in [4.78, 5) is 25.1. The van der Waals surface area contributed by atoms with Crippen molar-refractivity contribution in [2.45, 2.75) is 38.3 Å². The average molecular weight is 480 g/mol. The Morgan fingerprint density at radius 3 is 2.59 bits per heavy atom. The van der Waals surface area contributed by atoms with Crippen LogP contribution in [-0.2, 0) is 9.53 Å². The van der Waals surface area contributed by atoms with Gasteiger partial charge in [0.05, 0.1) is 30.8 Å². The molecule has 2 saturated carbocycles. The van der Waals surface area contributed by atoms with Crippen molar-refractivity contribution >= 4 is 34.4 Å². The Bertz CT molecular complexity index is 1180. The van der Waals surface area contributed by atoms with Crippen molar-refractivity contribution in [3.63, 3.8) is 0 Å².